The summed E-state index contributed by atoms with van der Waals surface area (Å²) in [5, 5.41) is 10.4. The standard InChI is InChI=1S/C16H9NOS/c17-9-15-16(12-7-5-11(10-18)6-8-12)13-3-1-2-4-14(13)19-15/h1-8,10H. The summed E-state index contributed by atoms with van der Waals surface area (Å²) in [5.41, 5.74) is 2.57. The number of thiophene rings is 1. The number of carbonyl (C=O) groups excluding carboxylic acids is 1. The highest BCUT2D eigenvalue weighted by atomic mass is 32.1. The molecule has 0 unspecified atom stereocenters. The second-order valence-corrected chi connectivity index (χ2v) is 5.21. The molecule has 0 fully saturated rings. The number of nitriles is 1. The monoisotopic (exact) mass is 263 g/mol. The number of hydrogen-bond acceptors (Lipinski definition) is 3. The van der Waals surface area contributed by atoms with E-state index in [9.17, 15) is 10.1 Å². The molecule has 0 saturated heterocycles. The molecule has 0 atom stereocenters. The van der Waals surface area contributed by atoms with E-state index >= 15 is 0 Å². The third-order valence-corrected chi connectivity index (χ3v) is 4.11. The first kappa shape index (κ1) is 11.6. The summed E-state index contributed by atoms with van der Waals surface area (Å²) < 4.78 is 1.11. The van der Waals surface area contributed by atoms with Gasteiger partial charge >= 0.3 is 0 Å². The van der Waals surface area contributed by atoms with Gasteiger partial charge in [-0.1, -0.05) is 42.5 Å². The molecule has 19 heavy (non-hydrogen) atoms. The Morgan fingerprint density at radius 1 is 1.05 bits per heavy atom. The van der Waals surface area contributed by atoms with E-state index < -0.39 is 0 Å². The van der Waals surface area contributed by atoms with Crippen LogP contribution in [-0.2, 0) is 0 Å². The smallest absolute Gasteiger partial charge is 0.150 e. The second-order valence-electron chi connectivity index (χ2n) is 4.15. The Morgan fingerprint density at radius 3 is 2.47 bits per heavy atom. The summed E-state index contributed by atoms with van der Waals surface area (Å²) in [6.07, 6.45) is 0.820. The number of benzene rings is 2. The number of hydrogen-bond donors (Lipinski definition) is 0. The van der Waals surface area contributed by atoms with E-state index in [1.807, 2.05) is 36.4 Å². The highest BCUT2D eigenvalue weighted by Crippen LogP contribution is 2.38. The molecule has 0 amide bonds. The minimum absolute atomic E-state index is 0.641. The normalized spacial score (nSPS) is 10.3. The molecule has 1 aromatic heterocycles. The lowest BCUT2D eigenvalue weighted by Gasteiger charge is -2.01. The quantitative estimate of drug-likeness (QED) is 0.648. The van der Waals surface area contributed by atoms with E-state index in [2.05, 4.69) is 6.07 Å². The Bertz CT molecular complexity index is 794. The number of carbonyl (C=O) groups is 1. The van der Waals surface area contributed by atoms with Crippen LogP contribution in [0.5, 0.6) is 0 Å². The van der Waals surface area contributed by atoms with Crippen molar-refractivity contribution in [2.75, 3.05) is 0 Å². The zero-order chi connectivity index (χ0) is 13.2. The van der Waals surface area contributed by atoms with Gasteiger partial charge in [-0.15, -0.1) is 11.3 Å². The highest BCUT2D eigenvalue weighted by Gasteiger charge is 2.13. The summed E-state index contributed by atoms with van der Waals surface area (Å²) in [7, 11) is 0. The van der Waals surface area contributed by atoms with Crippen LogP contribution in [-0.4, -0.2) is 6.29 Å². The lowest BCUT2D eigenvalue weighted by molar-refractivity contribution is 0.112. The van der Waals surface area contributed by atoms with Gasteiger partial charge in [0.25, 0.3) is 0 Å². The molecule has 3 aromatic rings. The van der Waals surface area contributed by atoms with Crippen LogP contribution in [0, 0.1) is 11.3 Å². The predicted molar refractivity (Wildman–Crippen MR) is 77.4 cm³/mol. The third kappa shape index (κ3) is 1.92. The van der Waals surface area contributed by atoms with Gasteiger partial charge in [0.1, 0.15) is 17.2 Å². The Labute approximate surface area is 114 Å². The Kier molecular flexibility index (Phi) is 2.86. The van der Waals surface area contributed by atoms with E-state index in [1.54, 1.807) is 12.1 Å². The van der Waals surface area contributed by atoms with E-state index in [0.717, 1.165) is 27.5 Å². The first-order valence-corrected chi connectivity index (χ1v) is 6.62. The average molecular weight is 263 g/mol. The second kappa shape index (κ2) is 4.68. The van der Waals surface area contributed by atoms with Crippen LogP contribution in [0.4, 0.5) is 0 Å². The third-order valence-electron chi connectivity index (χ3n) is 3.03. The summed E-state index contributed by atoms with van der Waals surface area (Å²) in [6, 6.07) is 17.6. The SMILES string of the molecule is N#Cc1sc2ccccc2c1-c1ccc(C=O)cc1. The van der Waals surface area contributed by atoms with Crippen LogP contribution < -0.4 is 0 Å². The maximum atomic E-state index is 10.7. The lowest BCUT2D eigenvalue weighted by atomic mass is 10.0. The fourth-order valence-electron chi connectivity index (χ4n) is 2.14. The van der Waals surface area contributed by atoms with Gasteiger partial charge in [-0.25, -0.2) is 0 Å². The minimum Gasteiger partial charge on any atom is -0.298 e. The van der Waals surface area contributed by atoms with E-state index in [-0.39, 0.29) is 0 Å². The van der Waals surface area contributed by atoms with Crippen LogP contribution in [0.15, 0.2) is 48.5 Å². The van der Waals surface area contributed by atoms with E-state index in [0.29, 0.717) is 10.4 Å². The minimum atomic E-state index is 0.641. The van der Waals surface area contributed by atoms with Crippen molar-refractivity contribution >= 4 is 27.7 Å². The number of aldehydes is 1. The van der Waals surface area contributed by atoms with Crippen LogP contribution in [0.1, 0.15) is 15.2 Å². The van der Waals surface area contributed by atoms with Crippen molar-refractivity contribution in [3.8, 4) is 17.2 Å². The van der Waals surface area contributed by atoms with Gasteiger partial charge in [0, 0.05) is 21.2 Å². The molecule has 1 heterocycles. The zero-order valence-corrected chi connectivity index (χ0v) is 10.8. The Balaban J connectivity index is 2.28. The number of rotatable bonds is 2. The first-order chi connectivity index (χ1) is 9.33. The predicted octanol–water partition coefficient (Wildman–Crippen LogP) is 4.25. The Morgan fingerprint density at radius 2 is 1.79 bits per heavy atom. The van der Waals surface area contributed by atoms with Crippen molar-refractivity contribution < 1.29 is 4.79 Å². The van der Waals surface area contributed by atoms with Crippen LogP contribution in [0.2, 0.25) is 0 Å². The molecule has 0 aliphatic heterocycles. The van der Waals surface area contributed by atoms with Gasteiger partial charge in [0.15, 0.2) is 0 Å². The molecule has 0 radical (unpaired) electrons. The van der Waals surface area contributed by atoms with Gasteiger partial charge in [0.2, 0.25) is 0 Å². The maximum Gasteiger partial charge on any atom is 0.150 e. The topological polar surface area (TPSA) is 40.9 Å². The molecule has 3 rings (SSSR count). The summed E-state index contributed by atoms with van der Waals surface area (Å²) in [5.74, 6) is 0. The molecule has 0 aliphatic rings. The van der Waals surface area contributed by atoms with Crippen LogP contribution in [0.25, 0.3) is 21.2 Å². The molecule has 0 saturated carbocycles. The molecule has 2 aromatic carbocycles. The Hall–Kier alpha value is -2.44. The zero-order valence-electron chi connectivity index (χ0n) is 9.96. The molecule has 3 heteroatoms. The van der Waals surface area contributed by atoms with Gasteiger partial charge in [-0.05, 0) is 11.6 Å². The number of fused-ring (bicyclic) bond motifs is 1. The molecule has 0 aliphatic carbocycles. The van der Waals surface area contributed by atoms with Crippen LogP contribution >= 0.6 is 11.3 Å². The first-order valence-electron chi connectivity index (χ1n) is 5.80. The van der Waals surface area contributed by atoms with Gasteiger partial charge < -0.3 is 0 Å². The van der Waals surface area contributed by atoms with Gasteiger partial charge in [-0.2, -0.15) is 5.26 Å². The van der Waals surface area contributed by atoms with E-state index in [4.69, 9.17) is 0 Å². The van der Waals surface area contributed by atoms with Crippen molar-refractivity contribution in [2.45, 2.75) is 0 Å². The van der Waals surface area contributed by atoms with Crippen molar-refractivity contribution in [3.63, 3.8) is 0 Å². The van der Waals surface area contributed by atoms with Crippen molar-refractivity contribution in [1.29, 1.82) is 5.26 Å². The van der Waals surface area contributed by atoms with Crippen molar-refractivity contribution in [1.82, 2.24) is 0 Å². The molecule has 90 valence electrons. The van der Waals surface area contributed by atoms with E-state index in [1.165, 1.54) is 11.3 Å². The average Bonchev–Trinajstić information content (AvgIpc) is 2.86. The molecule has 0 N–H and O–H groups in total. The molecule has 0 bridgehead atoms. The summed E-state index contributed by atoms with van der Waals surface area (Å²) in [4.78, 5) is 11.4. The molecular formula is C16H9NOS. The molecule has 0 spiro atoms. The lowest BCUT2D eigenvalue weighted by Crippen LogP contribution is -1.82. The maximum absolute atomic E-state index is 10.7. The summed E-state index contributed by atoms with van der Waals surface area (Å²) in [6.45, 7) is 0. The fourth-order valence-corrected chi connectivity index (χ4v) is 3.16. The highest BCUT2D eigenvalue weighted by molar-refractivity contribution is 7.20. The fraction of sp³-hybridized carbons (Fsp3) is 0. The van der Waals surface area contributed by atoms with Crippen LogP contribution in [0.3, 0.4) is 0 Å². The summed E-state index contributed by atoms with van der Waals surface area (Å²) >= 11 is 1.50. The molecular weight excluding hydrogens is 254 g/mol. The van der Waals surface area contributed by atoms with Gasteiger partial charge in [0.05, 0.1) is 0 Å². The number of nitrogens with zero attached hydrogens (tertiary/aromatic N) is 1. The van der Waals surface area contributed by atoms with Gasteiger partial charge in [-0.3, -0.25) is 4.79 Å². The molecule has 2 nitrogen and oxygen atoms in total. The largest absolute Gasteiger partial charge is 0.298 e. The van der Waals surface area contributed by atoms with Crippen molar-refractivity contribution in [2.24, 2.45) is 0 Å². The van der Waals surface area contributed by atoms with Crippen molar-refractivity contribution in [3.05, 3.63) is 59.0 Å².